The first kappa shape index (κ1) is 19.9. The number of benzene rings is 1. The van der Waals surface area contributed by atoms with Gasteiger partial charge in [-0.2, -0.15) is 0 Å². The van der Waals surface area contributed by atoms with Gasteiger partial charge in [0.05, 0.1) is 23.3 Å². The molecule has 0 amide bonds. The minimum Gasteiger partial charge on any atom is -0.478 e. The molecule has 0 atom stereocenters. The van der Waals surface area contributed by atoms with E-state index in [1.807, 2.05) is 30.3 Å². The van der Waals surface area contributed by atoms with Crippen LogP contribution in [0.15, 0.2) is 30.3 Å². The Bertz CT molecular complexity index is 904. The van der Waals surface area contributed by atoms with Crippen molar-refractivity contribution in [1.82, 2.24) is 15.3 Å². The summed E-state index contributed by atoms with van der Waals surface area (Å²) in [6.07, 6.45) is 2.09. The molecule has 0 saturated heterocycles. The maximum Gasteiger partial charge on any atom is 0.213 e. The quantitative estimate of drug-likeness (QED) is 0.286. The van der Waals surface area contributed by atoms with Gasteiger partial charge in [0.15, 0.2) is 0 Å². The molecule has 5 nitrogen and oxygen atoms in total. The van der Waals surface area contributed by atoms with Crippen molar-refractivity contribution in [3.8, 4) is 5.88 Å². The average Bonchev–Trinajstić information content (AvgIpc) is 2.67. The number of pyridine rings is 2. The number of nitrogens with zero attached hydrogens (tertiary/aromatic N) is 2. The fourth-order valence-electron chi connectivity index (χ4n) is 2.82. The normalized spacial score (nSPS) is 11.2. The number of unbranched alkanes of at least 4 members (excludes halogenated alkanes) is 1. The van der Waals surface area contributed by atoms with E-state index in [9.17, 15) is 0 Å². The van der Waals surface area contributed by atoms with Crippen LogP contribution in [0, 0.1) is 0 Å². The number of anilines is 1. The molecule has 2 aromatic heterocycles. The van der Waals surface area contributed by atoms with E-state index in [1.165, 1.54) is 0 Å². The first-order valence-electron chi connectivity index (χ1n) is 9.26. The van der Waals surface area contributed by atoms with Crippen molar-refractivity contribution in [2.75, 3.05) is 37.4 Å². The first-order chi connectivity index (χ1) is 13.2. The molecule has 0 aliphatic carbocycles. The second-order valence-electron chi connectivity index (χ2n) is 6.23. The molecule has 0 aliphatic heterocycles. The second-order valence-corrected chi connectivity index (χ2v) is 7.05. The van der Waals surface area contributed by atoms with Crippen LogP contribution >= 0.6 is 23.2 Å². The largest absolute Gasteiger partial charge is 0.478 e. The van der Waals surface area contributed by atoms with Crippen LogP contribution in [0.2, 0.25) is 5.02 Å². The van der Waals surface area contributed by atoms with Crippen molar-refractivity contribution in [1.29, 1.82) is 0 Å². The highest BCUT2D eigenvalue weighted by atomic mass is 35.5. The molecule has 0 spiro atoms. The summed E-state index contributed by atoms with van der Waals surface area (Å²) >= 11 is 11.9. The van der Waals surface area contributed by atoms with Crippen LogP contribution in [0.1, 0.15) is 19.8 Å². The molecule has 0 fully saturated rings. The van der Waals surface area contributed by atoms with Gasteiger partial charge >= 0.3 is 0 Å². The van der Waals surface area contributed by atoms with E-state index in [1.54, 1.807) is 0 Å². The summed E-state index contributed by atoms with van der Waals surface area (Å²) in [6.45, 7) is 5.13. The molecular formula is C20H24Cl2N4O. The standard InChI is InChI=1S/C20H24Cl2N4O/c1-2-3-12-27-18-7-6-16-20(26-18)19(24-11-10-23-9-8-21)15-5-4-14(22)13-17(15)25-16/h4-7,13,23H,2-3,8-12H2,1H3,(H,24,25). The van der Waals surface area contributed by atoms with E-state index in [4.69, 9.17) is 37.9 Å². The number of aromatic nitrogens is 2. The Morgan fingerprint density at radius 3 is 2.74 bits per heavy atom. The first-order valence-corrected chi connectivity index (χ1v) is 10.2. The fraction of sp³-hybridized carbons (Fsp3) is 0.400. The molecule has 3 aromatic rings. The molecule has 144 valence electrons. The van der Waals surface area contributed by atoms with Crippen molar-refractivity contribution in [2.45, 2.75) is 19.8 Å². The summed E-state index contributed by atoms with van der Waals surface area (Å²) in [6, 6.07) is 9.54. The molecule has 0 bridgehead atoms. The van der Waals surface area contributed by atoms with Gasteiger partial charge in [-0.05, 0) is 30.7 Å². The third-order valence-electron chi connectivity index (χ3n) is 4.18. The average molecular weight is 407 g/mol. The van der Waals surface area contributed by atoms with Gasteiger partial charge in [0.2, 0.25) is 5.88 Å². The predicted octanol–water partition coefficient (Wildman–Crippen LogP) is 4.86. The van der Waals surface area contributed by atoms with E-state index < -0.39 is 0 Å². The molecule has 0 unspecified atom stereocenters. The van der Waals surface area contributed by atoms with Gasteiger partial charge in [-0.3, -0.25) is 0 Å². The zero-order valence-corrected chi connectivity index (χ0v) is 16.9. The molecule has 0 aliphatic rings. The van der Waals surface area contributed by atoms with Gasteiger partial charge in [0.25, 0.3) is 0 Å². The minimum absolute atomic E-state index is 0.597. The van der Waals surface area contributed by atoms with Crippen LogP contribution < -0.4 is 15.4 Å². The lowest BCUT2D eigenvalue weighted by atomic mass is 10.1. The van der Waals surface area contributed by atoms with Gasteiger partial charge in [-0.1, -0.05) is 24.9 Å². The Balaban J connectivity index is 1.96. The SMILES string of the molecule is CCCCOc1ccc2nc3cc(Cl)ccc3c(NCCNCCCl)c2n1. The van der Waals surface area contributed by atoms with Crippen LogP contribution in [0.3, 0.4) is 0 Å². The third-order valence-corrected chi connectivity index (χ3v) is 4.60. The number of halogens is 2. The Morgan fingerprint density at radius 2 is 1.93 bits per heavy atom. The highest BCUT2D eigenvalue weighted by Gasteiger charge is 2.12. The monoisotopic (exact) mass is 406 g/mol. The van der Waals surface area contributed by atoms with Gasteiger partial charge < -0.3 is 15.4 Å². The number of ether oxygens (including phenoxy) is 1. The summed E-state index contributed by atoms with van der Waals surface area (Å²) in [5.74, 6) is 1.22. The van der Waals surface area contributed by atoms with Crippen molar-refractivity contribution in [3.63, 3.8) is 0 Å². The Labute approximate surface area is 169 Å². The molecule has 1 aromatic carbocycles. The summed E-state index contributed by atoms with van der Waals surface area (Å²) in [4.78, 5) is 9.43. The van der Waals surface area contributed by atoms with E-state index in [-0.39, 0.29) is 0 Å². The fourth-order valence-corrected chi connectivity index (χ4v) is 3.12. The molecule has 0 radical (unpaired) electrons. The number of nitrogens with one attached hydrogen (secondary N) is 2. The zero-order chi connectivity index (χ0) is 19.1. The lowest BCUT2D eigenvalue weighted by Gasteiger charge is -2.14. The lowest BCUT2D eigenvalue weighted by molar-refractivity contribution is 0.299. The van der Waals surface area contributed by atoms with E-state index >= 15 is 0 Å². The van der Waals surface area contributed by atoms with Crippen LogP contribution in [0.25, 0.3) is 21.9 Å². The molecule has 2 heterocycles. The Hall–Kier alpha value is -1.82. The van der Waals surface area contributed by atoms with E-state index in [0.29, 0.717) is 23.4 Å². The maximum absolute atomic E-state index is 6.16. The van der Waals surface area contributed by atoms with Gasteiger partial charge in [0.1, 0.15) is 5.52 Å². The van der Waals surface area contributed by atoms with Gasteiger partial charge in [0, 0.05) is 42.0 Å². The number of alkyl halides is 1. The van der Waals surface area contributed by atoms with Crippen molar-refractivity contribution in [2.24, 2.45) is 0 Å². The zero-order valence-electron chi connectivity index (χ0n) is 15.4. The topological polar surface area (TPSA) is 59.1 Å². The van der Waals surface area contributed by atoms with Crippen molar-refractivity contribution < 1.29 is 4.74 Å². The smallest absolute Gasteiger partial charge is 0.213 e. The Kier molecular flexibility index (Phi) is 7.33. The number of fused-ring (bicyclic) bond motifs is 2. The summed E-state index contributed by atoms with van der Waals surface area (Å²) in [5, 5.41) is 8.43. The lowest BCUT2D eigenvalue weighted by Crippen LogP contribution is -2.24. The Morgan fingerprint density at radius 1 is 1.04 bits per heavy atom. The second kappa shape index (κ2) is 9.93. The molecule has 7 heteroatoms. The molecular weight excluding hydrogens is 383 g/mol. The third kappa shape index (κ3) is 5.12. The number of rotatable bonds is 10. The summed E-state index contributed by atoms with van der Waals surface area (Å²) < 4.78 is 5.78. The molecule has 27 heavy (non-hydrogen) atoms. The van der Waals surface area contributed by atoms with E-state index in [0.717, 1.165) is 60.1 Å². The summed E-state index contributed by atoms with van der Waals surface area (Å²) in [5.41, 5.74) is 3.40. The van der Waals surface area contributed by atoms with Crippen molar-refractivity contribution >= 4 is 50.8 Å². The highest BCUT2D eigenvalue weighted by molar-refractivity contribution is 6.31. The number of hydrogen-bond donors (Lipinski definition) is 2. The molecule has 2 N–H and O–H groups in total. The molecule has 3 rings (SSSR count). The minimum atomic E-state index is 0.597. The van der Waals surface area contributed by atoms with Crippen LogP contribution in [0.4, 0.5) is 5.69 Å². The predicted molar refractivity (Wildman–Crippen MR) is 115 cm³/mol. The summed E-state index contributed by atoms with van der Waals surface area (Å²) in [7, 11) is 0. The number of hydrogen-bond acceptors (Lipinski definition) is 5. The molecule has 0 saturated carbocycles. The van der Waals surface area contributed by atoms with Gasteiger partial charge in [-0.15, -0.1) is 11.6 Å². The van der Waals surface area contributed by atoms with E-state index in [2.05, 4.69) is 17.6 Å². The van der Waals surface area contributed by atoms with Gasteiger partial charge in [-0.25, -0.2) is 9.97 Å². The highest BCUT2D eigenvalue weighted by Crippen LogP contribution is 2.32. The van der Waals surface area contributed by atoms with Crippen LogP contribution in [-0.4, -0.2) is 42.1 Å². The van der Waals surface area contributed by atoms with Crippen LogP contribution in [-0.2, 0) is 0 Å². The van der Waals surface area contributed by atoms with Crippen LogP contribution in [0.5, 0.6) is 5.88 Å². The van der Waals surface area contributed by atoms with Crippen molar-refractivity contribution in [3.05, 3.63) is 35.4 Å². The maximum atomic E-state index is 6.16.